The van der Waals surface area contributed by atoms with Crippen LogP contribution in [0.15, 0.2) is 59.0 Å². The highest BCUT2D eigenvalue weighted by Gasteiger charge is 2.47. The van der Waals surface area contributed by atoms with E-state index in [4.69, 9.17) is 14.6 Å². The number of fused-ring (bicyclic) bond motifs is 4. The number of carbonyl (C=O) groups excluding carboxylic acids is 2. The molecule has 0 spiro atoms. The van der Waals surface area contributed by atoms with E-state index in [0.29, 0.717) is 33.6 Å². The third-order valence-corrected chi connectivity index (χ3v) is 11.4. The molecule has 3 atom stereocenters. The molecule has 5 aromatic rings. The zero-order chi connectivity index (χ0) is 34.5. The van der Waals surface area contributed by atoms with Crippen LogP contribution in [0.25, 0.3) is 33.0 Å². The third kappa shape index (κ3) is 6.70. The Morgan fingerprint density at radius 3 is 2.33 bits per heavy atom. The van der Waals surface area contributed by atoms with Crippen molar-refractivity contribution in [2.24, 2.45) is 11.1 Å². The van der Waals surface area contributed by atoms with Crippen LogP contribution in [0.2, 0.25) is 0 Å². The Kier molecular flexibility index (Phi) is 9.61. The third-order valence-electron chi connectivity index (χ3n) is 7.74. The summed E-state index contributed by atoms with van der Waals surface area (Å²) < 4.78 is 12.7. The number of benzene rings is 2. The summed E-state index contributed by atoms with van der Waals surface area (Å²) in [6, 6.07) is 9.91. The molecule has 7 rings (SSSR count). The fourth-order valence-electron chi connectivity index (χ4n) is 5.56. The molecule has 48 heavy (non-hydrogen) atoms. The summed E-state index contributed by atoms with van der Waals surface area (Å²) in [5.41, 5.74) is 6.94. The van der Waals surface area contributed by atoms with Gasteiger partial charge in [0, 0.05) is 37.1 Å². The summed E-state index contributed by atoms with van der Waals surface area (Å²) in [6.45, 7) is 5.77. The van der Waals surface area contributed by atoms with Gasteiger partial charge in [0.15, 0.2) is 0 Å². The number of rotatable bonds is 4. The van der Waals surface area contributed by atoms with Crippen LogP contribution in [0.1, 0.15) is 43.2 Å². The average molecular weight is 823 g/mol. The van der Waals surface area contributed by atoms with E-state index in [9.17, 15) is 24.3 Å². The van der Waals surface area contributed by atoms with Crippen molar-refractivity contribution in [2.45, 2.75) is 38.2 Å². The number of nitrogens with one attached hydrogen (secondary N) is 3. The van der Waals surface area contributed by atoms with Crippen molar-refractivity contribution >= 4 is 112 Å². The lowest BCUT2D eigenvalue weighted by Gasteiger charge is -2.34. The molecule has 2 fully saturated rings. The van der Waals surface area contributed by atoms with Crippen LogP contribution in [-0.4, -0.2) is 66.7 Å². The minimum Gasteiger partial charge on any atom is -0.465 e. The molecule has 17 heteroatoms. The molecule has 0 radical (unpaired) electrons. The number of nitrogens with two attached hydrogens (primary N) is 1. The van der Waals surface area contributed by atoms with Gasteiger partial charge in [-0.05, 0) is 41.8 Å². The molecule has 13 nitrogen and oxygen atoms in total. The van der Waals surface area contributed by atoms with E-state index < -0.39 is 23.9 Å². The number of primary amides is 1. The molecule has 0 bridgehead atoms. The van der Waals surface area contributed by atoms with Gasteiger partial charge in [-0.25, -0.2) is 9.78 Å². The maximum atomic E-state index is 13.0. The van der Waals surface area contributed by atoms with E-state index in [0.717, 1.165) is 26.0 Å². The Bertz CT molecular complexity index is 2140. The molecular formula is C31H30Br2N6O7S2. The minimum absolute atomic E-state index is 0.0919. The summed E-state index contributed by atoms with van der Waals surface area (Å²) in [7, 11) is 0. The highest BCUT2D eigenvalue weighted by Crippen LogP contribution is 2.41. The van der Waals surface area contributed by atoms with Gasteiger partial charge in [-0.2, -0.15) is 0 Å². The normalized spacial score (nSPS) is 19.5. The van der Waals surface area contributed by atoms with Crippen molar-refractivity contribution in [3.8, 4) is 0 Å². The molecule has 3 amide bonds. The van der Waals surface area contributed by atoms with E-state index in [1.807, 2.05) is 39.0 Å². The average Bonchev–Trinajstić information content (AvgIpc) is 3.82. The highest BCUT2D eigenvalue weighted by molar-refractivity contribution is 9.10. The topological polar surface area (TPSA) is 197 Å². The Morgan fingerprint density at radius 1 is 1.06 bits per heavy atom. The molecule has 0 saturated carbocycles. The van der Waals surface area contributed by atoms with Crippen molar-refractivity contribution in [2.75, 3.05) is 22.7 Å². The fraction of sp³-hybridized carbons (Fsp3) is 0.323. The standard InChI is InChI=1S/C18H20BrN3O5S.C13H10BrN3O2S/c1-18(2,3)16-22(17(25)26)10(7-28-16)15(24)21-12-9-6-8(19)4-5-11(9)27-13(12)14(20)23;14-6-1-2-9-7(3-6)10-11(19-9)13(18)17-12(16-10)8-4-20-5-15-8/h4-6,10,16H,7H2,1-3H3,(H2,20,23)(H,21,24)(H,25,26);1-3,8,15H,4-5H2,(H,16,17,18)/t10?,16-;8-/m10/s1. The van der Waals surface area contributed by atoms with Gasteiger partial charge in [-0.1, -0.05) is 52.6 Å². The van der Waals surface area contributed by atoms with Crippen LogP contribution in [0.3, 0.4) is 0 Å². The van der Waals surface area contributed by atoms with E-state index in [1.165, 1.54) is 16.7 Å². The first-order valence-electron chi connectivity index (χ1n) is 14.6. The first kappa shape index (κ1) is 34.4. The number of thioether (sulfide) groups is 2. The number of halogens is 2. The Hall–Kier alpha value is -3.51. The number of hydrogen-bond donors (Lipinski definition) is 5. The zero-order valence-electron chi connectivity index (χ0n) is 25.8. The number of aromatic amines is 1. The predicted molar refractivity (Wildman–Crippen MR) is 193 cm³/mol. The lowest BCUT2D eigenvalue weighted by molar-refractivity contribution is -0.120. The molecule has 1 unspecified atom stereocenters. The van der Waals surface area contributed by atoms with Crippen molar-refractivity contribution in [1.29, 1.82) is 0 Å². The maximum Gasteiger partial charge on any atom is 0.408 e. The van der Waals surface area contributed by atoms with Crippen LogP contribution in [-0.2, 0) is 4.79 Å². The quantitative estimate of drug-likeness (QED) is 0.133. The number of hydrogen-bond acceptors (Lipinski definition) is 10. The van der Waals surface area contributed by atoms with Gasteiger partial charge >= 0.3 is 6.09 Å². The lowest BCUT2D eigenvalue weighted by Crippen LogP contribution is -2.50. The minimum atomic E-state index is -1.17. The van der Waals surface area contributed by atoms with Crippen molar-refractivity contribution in [1.82, 2.24) is 20.2 Å². The van der Waals surface area contributed by atoms with E-state index in [-0.39, 0.29) is 39.4 Å². The van der Waals surface area contributed by atoms with Gasteiger partial charge in [0.05, 0.1) is 11.4 Å². The number of carbonyl (C=O) groups is 3. The largest absolute Gasteiger partial charge is 0.465 e. The summed E-state index contributed by atoms with van der Waals surface area (Å²) in [5.74, 6) is 1.23. The van der Waals surface area contributed by atoms with Crippen LogP contribution in [0.4, 0.5) is 10.5 Å². The van der Waals surface area contributed by atoms with E-state index in [2.05, 4.69) is 52.5 Å². The molecule has 6 N–H and O–H groups in total. The molecule has 3 aromatic heterocycles. The number of amides is 3. The molecule has 2 aliphatic rings. The van der Waals surface area contributed by atoms with Gasteiger partial charge < -0.3 is 30.0 Å². The van der Waals surface area contributed by atoms with Gasteiger partial charge in [0.2, 0.25) is 17.3 Å². The number of nitrogens with zero attached hydrogens (tertiary/aromatic N) is 2. The molecule has 5 heterocycles. The van der Waals surface area contributed by atoms with Gasteiger partial charge in [0.1, 0.15) is 34.2 Å². The maximum absolute atomic E-state index is 13.0. The number of H-pyrrole nitrogens is 1. The molecule has 252 valence electrons. The van der Waals surface area contributed by atoms with Crippen LogP contribution in [0.5, 0.6) is 0 Å². The Labute approximate surface area is 298 Å². The second-order valence-corrected chi connectivity index (χ2v) is 16.2. The number of furan rings is 2. The molecular weight excluding hydrogens is 792 g/mol. The number of anilines is 1. The first-order valence-corrected chi connectivity index (χ1v) is 18.4. The SMILES string of the molecule is CC(C)(C)[C@H]1SCC(C(=O)Nc2c(C(N)=O)oc3ccc(Br)cc23)N1C(=O)O.O=c1[nH]c([C@@H]2CSCN2)nc2c1oc1ccc(Br)cc12. The van der Waals surface area contributed by atoms with E-state index in [1.54, 1.807) is 30.0 Å². The lowest BCUT2D eigenvalue weighted by atomic mass is 9.95. The number of aromatic nitrogens is 2. The van der Waals surface area contributed by atoms with E-state index >= 15 is 0 Å². The fourth-order valence-corrected chi connectivity index (χ4v) is 8.81. The van der Waals surface area contributed by atoms with Crippen molar-refractivity contribution < 1.29 is 28.3 Å². The highest BCUT2D eigenvalue weighted by atomic mass is 79.9. The van der Waals surface area contributed by atoms with Crippen molar-refractivity contribution in [3.05, 3.63) is 67.3 Å². The Morgan fingerprint density at radius 2 is 1.73 bits per heavy atom. The van der Waals surface area contributed by atoms with Gasteiger partial charge in [0.25, 0.3) is 11.5 Å². The summed E-state index contributed by atoms with van der Waals surface area (Å²) in [6.07, 6.45) is -1.17. The molecule has 2 aromatic carbocycles. The predicted octanol–water partition coefficient (Wildman–Crippen LogP) is 6.47. The van der Waals surface area contributed by atoms with Crippen LogP contribution < -0.4 is 21.9 Å². The number of carboxylic acid groups (broad SMARTS) is 1. The van der Waals surface area contributed by atoms with Gasteiger partial charge in [-0.15, -0.1) is 23.5 Å². The zero-order valence-corrected chi connectivity index (χ0v) is 30.6. The second-order valence-electron chi connectivity index (χ2n) is 12.2. The summed E-state index contributed by atoms with van der Waals surface area (Å²) in [4.78, 5) is 57.4. The van der Waals surface area contributed by atoms with Crippen LogP contribution in [0, 0.1) is 5.41 Å². The second kappa shape index (κ2) is 13.4. The Balaban J connectivity index is 0.000000176. The summed E-state index contributed by atoms with van der Waals surface area (Å²) >= 11 is 9.98. The monoisotopic (exact) mass is 820 g/mol. The summed E-state index contributed by atoms with van der Waals surface area (Å²) in [5, 5.41) is 16.6. The van der Waals surface area contributed by atoms with Crippen molar-refractivity contribution in [3.63, 3.8) is 0 Å². The molecule has 2 saturated heterocycles. The molecule has 2 aliphatic heterocycles. The first-order chi connectivity index (χ1) is 22.7. The van der Waals surface area contributed by atoms with Gasteiger partial charge in [-0.3, -0.25) is 24.6 Å². The smallest absolute Gasteiger partial charge is 0.408 e. The molecule has 0 aliphatic carbocycles. The van der Waals surface area contributed by atoms with Crippen LogP contribution >= 0.6 is 55.4 Å².